The van der Waals surface area contributed by atoms with Crippen LogP contribution in [0.2, 0.25) is 0 Å². The zero-order valence-electron chi connectivity index (χ0n) is 12.6. The number of aromatic nitrogens is 1. The Morgan fingerprint density at radius 3 is 2.62 bits per heavy atom. The van der Waals surface area contributed by atoms with E-state index in [1.165, 1.54) is 0 Å². The first kappa shape index (κ1) is 15.7. The highest BCUT2D eigenvalue weighted by Gasteiger charge is 2.27. The summed E-state index contributed by atoms with van der Waals surface area (Å²) in [4.78, 5) is 16.6. The number of hydrogen-bond acceptors (Lipinski definition) is 4. The molecular weight excluding hydrogens is 282 g/mol. The first-order valence-electron chi connectivity index (χ1n) is 7.06. The van der Waals surface area contributed by atoms with Crippen molar-refractivity contribution < 1.29 is 4.79 Å². The molecule has 2 N–H and O–H groups in total. The summed E-state index contributed by atoms with van der Waals surface area (Å²) in [6.45, 7) is 6.43. The number of hydrogen-bond donors (Lipinski definition) is 2. The lowest BCUT2D eigenvalue weighted by Gasteiger charge is -2.27. The fourth-order valence-corrected chi connectivity index (χ4v) is 2.97. The van der Waals surface area contributed by atoms with E-state index in [2.05, 4.69) is 29.5 Å². The number of carbonyl (C=O) groups excluding carboxylic acids is 1. The predicted molar refractivity (Wildman–Crippen MR) is 87.6 cm³/mol. The molecule has 2 rings (SSSR count). The lowest BCUT2D eigenvalue weighted by Crippen LogP contribution is -2.43. The maximum absolute atomic E-state index is 12.0. The standard InChI is InChI=1S/C16H21N3OS/c1-4-16(3,15-18-12(2)11-21-15)17-10-14(20)19-13-8-6-5-7-9-13/h5-9,11,17H,4,10H2,1-3H3,(H,19,20)/t16-/m0/s1. The number of nitrogens with one attached hydrogen (secondary N) is 2. The smallest absolute Gasteiger partial charge is 0.238 e. The number of para-hydroxylation sites is 1. The zero-order chi connectivity index (χ0) is 15.3. The molecule has 0 fully saturated rings. The van der Waals surface area contributed by atoms with Gasteiger partial charge in [0.1, 0.15) is 5.01 Å². The number of amides is 1. The van der Waals surface area contributed by atoms with E-state index < -0.39 is 0 Å². The van der Waals surface area contributed by atoms with Crippen molar-refractivity contribution in [3.8, 4) is 0 Å². The molecule has 1 amide bonds. The third kappa shape index (κ3) is 4.12. The summed E-state index contributed by atoms with van der Waals surface area (Å²) in [5.74, 6) is -0.0471. The molecule has 1 atom stereocenters. The summed E-state index contributed by atoms with van der Waals surface area (Å²) < 4.78 is 0. The maximum Gasteiger partial charge on any atom is 0.238 e. The minimum Gasteiger partial charge on any atom is -0.325 e. The fourth-order valence-electron chi connectivity index (χ4n) is 1.96. The van der Waals surface area contributed by atoms with Crippen molar-refractivity contribution in [1.82, 2.24) is 10.3 Å². The van der Waals surface area contributed by atoms with Crippen LogP contribution in [0.15, 0.2) is 35.7 Å². The van der Waals surface area contributed by atoms with Gasteiger partial charge in [0.2, 0.25) is 5.91 Å². The van der Waals surface area contributed by atoms with Gasteiger partial charge in [-0.15, -0.1) is 11.3 Å². The van der Waals surface area contributed by atoms with Gasteiger partial charge in [0, 0.05) is 16.8 Å². The number of aryl methyl sites for hydroxylation is 1. The Morgan fingerprint density at radius 1 is 1.33 bits per heavy atom. The van der Waals surface area contributed by atoms with Crippen molar-refractivity contribution in [2.45, 2.75) is 32.7 Å². The first-order valence-corrected chi connectivity index (χ1v) is 7.94. The Labute approximate surface area is 129 Å². The molecule has 0 aliphatic heterocycles. The van der Waals surface area contributed by atoms with Crippen LogP contribution in [0.4, 0.5) is 5.69 Å². The van der Waals surface area contributed by atoms with Crippen LogP contribution in [-0.4, -0.2) is 17.4 Å². The summed E-state index contributed by atoms with van der Waals surface area (Å²) in [6.07, 6.45) is 0.874. The van der Waals surface area contributed by atoms with Crippen molar-refractivity contribution in [2.24, 2.45) is 0 Å². The molecule has 0 aliphatic rings. The Bertz CT molecular complexity index is 597. The molecule has 0 bridgehead atoms. The highest BCUT2D eigenvalue weighted by atomic mass is 32.1. The summed E-state index contributed by atoms with van der Waals surface area (Å²) >= 11 is 1.63. The van der Waals surface area contributed by atoms with Crippen LogP contribution in [0, 0.1) is 6.92 Å². The number of nitrogens with zero attached hydrogens (tertiary/aromatic N) is 1. The Kier molecular flexibility index (Phi) is 5.09. The van der Waals surface area contributed by atoms with Crippen LogP contribution < -0.4 is 10.6 Å². The minimum atomic E-state index is -0.271. The molecule has 5 heteroatoms. The van der Waals surface area contributed by atoms with Gasteiger partial charge in [0.05, 0.1) is 12.1 Å². The van der Waals surface area contributed by atoms with Gasteiger partial charge in [0.25, 0.3) is 0 Å². The van der Waals surface area contributed by atoms with Crippen molar-refractivity contribution in [3.63, 3.8) is 0 Å². The van der Waals surface area contributed by atoms with Crippen LogP contribution in [0.3, 0.4) is 0 Å². The molecule has 1 heterocycles. The summed E-state index contributed by atoms with van der Waals surface area (Å²) in [7, 11) is 0. The van der Waals surface area contributed by atoms with E-state index in [4.69, 9.17) is 0 Å². The van der Waals surface area contributed by atoms with Gasteiger partial charge in [-0.2, -0.15) is 0 Å². The van der Waals surface area contributed by atoms with E-state index in [1.807, 2.05) is 42.6 Å². The molecule has 0 aliphatic carbocycles. The normalized spacial score (nSPS) is 13.7. The van der Waals surface area contributed by atoms with Gasteiger partial charge in [-0.3, -0.25) is 10.1 Å². The predicted octanol–water partition coefficient (Wildman–Crippen LogP) is 3.31. The Balaban J connectivity index is 1.95. The summed E-state index contributed by atoms with van der Waals surface area (Å²) in [6, 6.07) is 9.48. The van der Waals surface area contributed by atoms with E-state index >= 15 is 0 Å². The maximum atomic E-state index is 12.0. The molecule has 4 nitrogen and oxygen atoms in total. The molecular formula is C16H21N3OS. The van der Waals surface area contributed by atoms with Crippen molar-refractivity contribution in [2.75, 3.05) is 11.9 Å². The monoisotopic (exact) mass is 303 g/mol. The van der Waals surface area contributed by atoms with Gasteiger partial charge in [-0.05, 0) is 32.4 Å². The third-order valence-electron chi connectivity index (χ3n) is 3.49. The molecule has 1 aromatic heterocycles. The number of rotatable bonds is 6. The van der Waals surface area contributed by atoms with Crippen LogP contribution in [0.25, 0.3) is 0 Å². The average Bonchev–Trinajstić information content (AvgIpc) is 2.93. The van der Waals surface area contributed by atoms with Crippen molar-refractivity contribution in [1.29, 1.82) is 0 Å². The third-order valence-corrected chi connectivity index (χ3v) is 4.72. The fraction of sp³-hybridized carbons (Fsp3) is 0.375. The van der Waals surface area contributed by atoms with Gasteiger partial charge < -0.3 is 5.32 Å². The minimum absolute atomic E-state index is 0.0471. The van der Waals surface area contributed by atoms with Crippen LogP contribution in [0.1, 0.15) is 31.0 Å². The molecule has 112 valence electrons. The number of benzene rings is 1. The lowest BCUT2D eigenvalue weighted by atomic mass is 10.00. The second kappa shape index (κ2) is 6.83. The second-order valence-corrected chi connectivity index (χ2v) is 6.11. The molecule has 0 unspecified atom stereocenters. The van der Waals surface area contributed by atoms with E-state index in [1.54, 1.807) is 11.3 Å². The molecule has 0 radical (unpaired) electrons. The average molecular weight is 303 g/mol. The lowest BCUT2D eigenvalue weighted by molar-refractivity contribution is -0.115. The Morgan fingerprint density at radius 2 is 2.05 bits per heavy atom. The van der Waals surface area contributed by atoms with Crippen molar-refractivity contribution in [3.05, 3.63) is 46.4 Å². The highest BCUT2D eigenvalue weighted by Crippen LogP contribution is 2.27. The van der Waals surface area contributed by atoms with E-state index in [0.29, 0.717) is 0 Å². The molecule has 0 spiro atoms. The first-order chi connectivity index (χ1) is 10.0. The summed E-state index contributed by atoms with van der Waals surface area (Å²) in [5, 5.41) is 9.27. The number of carbonyl (C=O) groups is 1. The topological polar surface area (TPSA) is 54.0 Å². The van der Waals surface area contributed by atoms with E-state index in [9.17, 15) is 4.79 Å². The van der Waals surface area contributed by atoms with Gasteiger partial charge in [-0.1, -0.05) is 25.1 Å². The molecule has 0 saturated heterocycles. The quantitative estimate of drug-likeness (QED) is 0.861. The largest absolute Gasteiger partial charge is 0.325 e. The molecule has 21 heavy (non-hydrogen) atoms. The van der Waals surface area contributed by atoms with E-state index in [-0.39, 0.29) is 18.0 Å². The second-order valence-electron chi connectivity index (χ2n) is 5.25. The molecule has 1 aromatic carbocycles. The van der Waals surface area contributed by atoms with E-state index in [0.717, 1.165) is 22.8 Å². The van der Waals surface area contributed by atoms with Gasteiger partial charge in [0.15, 0.2) is 0 Å². The SMILES string of the molecule is CC[C@](C)(NCC(=O)Nc1ccccc1)c1nc(C)cs1. The number of anilines is 1. The summed E-state index contributed by atoms with van der Waals surface area (Å²) in [5.41, 5.74) is 1.56. The van der Waals surface area contributed by atoms with Gasteiger partial charge in [-0.25, -0.2) is 4.98 Å². The van der Waals surface area contributed by atoms with Crippen LogP contribution in [-0.2, 0) is 10.3 Å². The van der Waals surface area contributed by atoms with Gasteiger partial charge >= 0.3 is 0 Å². The number of thiazole rings is 1. The highest BCUT2D eigenvalue weighted by molar-refractivity contribution is 7.09. The molecule has 2 aromatic rings. The Hall–Kier alpha value is -1.72. The van der Waals surface area contributed by atoms with Crippen LogP contribution in [0.5, 0.6) is 0 Å². The van der Waals surface area contributed by atoms with Crippen molar-refractivity contribution >= 4 is 22.9 Å². The zero-order valence-corrected chi connectivity index (χ0v) is 13.5. The van der Waals surface area contributed by atoms with Crippen LogP contribution >= 0.6 is 11.3 Å². The molecule has 0 saturated carbocycles.